The molecule has 2 rings (SSSR count). The number of carbonyl (C=O) groups is 1. The lowest BCUT2D eigenvalue weighted by molar-refractivity contribution is -0.117. The molecule has 1 heterocycles. The van der Waals surface area contributed by atoms with E-state index >= 15 is 0 Å². The highest BCUT2D eigenvalue weighted by Gasteiger charge is 2.30. The van der Waals surface area contributed by atoms with Gasteiger partial charge in [-0.1, -0.05) is 26.8 Å². The first-order chi connectivity index (χ1) is 8.84. The number of nitrogens with one attached hydrogen (secondary N) is 1. The van der Waals surface area contributed by atoms with Crippen LogP contribution < -0.4 is 16.0 Å². The first-order valence-electron chi connectivity index (χ1n) is 6.73. The summed E-state index contributed by atoms with van der Waals surface area (Å²) in [5.74, 6) is 0.0338. The molecule has 0 bridgehead atoms. The molecule has 3 N–H and O–H groups in total. The maximum absolute atomic E-state index is 12.1. The molecule has 0 fully saturated rings. The van der Waals surface area contributed by atoms with E-state index in [9.17, 15) is 4.79 Å². The van der Waals surface area contributed by atoms with Gasteiger partial charge in [-0.15, -0.1) is 0 Å². The first kappa shape index (κ1) is 13.9. The van der Waals surface area contributed by atoms with Crippen molar-refractivity contribution >= 4 is 17.3 Å². The summed E-state index contributed by atoms with van der Waals surface area (Å²) in [6.07, 6.45) is 0.669. The molecule has 1 amide bonds. The molecule has 0 aromatic heterocycles. The van der Waals surface area contributed by atoms with Gasteiger partial charge in [0.05, 0.1) is 11.4 Å². The molecule has 1 unspecified atom stereocenters. The van der Waals surface area contributed by atoms with Crippen LogP contribution in [0.1, 0.15) is 32.8 Å². The Labute approximate surface area is 115 Å². The van der Waals surface area contributed by atoms with Gasteiger partial charge in [0.15, 0.2) is 0 Å². The highest BCUT2D eigenvalue weighted by molar-refractivity contribution is 6.03. The summed E-state index contributed by atoms with van der Waals surface area (Å²) in [5.41, 5.74) is 8.83. The topological polar surface area (TPSA) is 58.4 Å². The Hall–Kier alpha value is -1.55. The SMILES string of the molecule is CN1c2ccc(C(C)(C)C)cc2NC(=O)C1CCN. The summed E-state index contributed by atoms with van der Waals surface area (Å²) < 4.78 is 0. The van der Waals surface area contributed by atoms with Crippen molar-refractivity contribution in [3.63, 3.8) is 0 Å². The van der Waals surface area contributed by atoms with E-state index < -0.39 is 0 Å². The smallest absolute Gasteiger partial charge is 0.247 e. The fraction of sp³-hybridized carbons (Fsp3) is 0.533. The maximum atomic E-state index is 12.1. The molecule has 0 aliphatic carbocycles. The molecule has 1 aliphatic heterocycles. The number of amides is 1. The molecule has 0 spiro atoms. The Bertz CT molecular complexity index is 491. The number of nitrogens with zero attached hydrogens (tertiary/aromatic N) is 1. The molecular weight excluding hydrogens is 238 g/mol. The normalized spacial score (nSPS) is 19.1. The third-order valence-electron chi connectivity index (χ3n) is 3.71. The van der Waals surface area contributed by atoms with Gasteiger partial charge in [-0.2, -0.15) is 0 Å². The average molecular weight is 261 g/mol. The quantitative estimate of drug-likeness (QED) is 0.857. The molecule has 4 heteroatoms. The van der Waals surface area contributed by atoms with E-state index in [1.807, 2.05) is 11.9 Å². The van der Waals surface area contributed by atoms with Crippen LogP contribution in [-0.2, 0) is 10.2 Å². The van der Waals surface area contributed by atoms with Crippen molar-refractivity contribution in [2.24, 2.45) is 5.73 Å². The van der Waals surface area contributed by atoms with Crippen LogP contribution in [-0.4, -0.2) is 25.5 Å². The average Bonchev–Trinajstić information content (AvgIpc) is 2.32. The third kappa shape index (κ3) is 2.59. The minimum absolute atomic E-state index is 0.0338. The molecule has 104 valence electrons. The fourth-order valence-corrected chi connectivity index (χ4v) is 2.45. The molecule has 1 aromatic rings. The number of hydrogen-bond donors (Lipinski definition) is 2. The van der Waals surface area contributed by atoms with Gasteiger partial charge >= 0.3 is 0 Å². The number of fused-ring (bicyclic) bond motifs is 1. The van der Waals surface area contributed by atoms with Gasteiger partial charge in [-0.25, -0.2) is 0 Å². The van der Waals surface area contributed by atoms with Crippen LogP contribution in [0.3, 0.4) is 0 Å². The number of rotatable bonds is 2. The van der Waals surface area contributed by atoms with Gasteiger partial charge in [0.1, 0.15) is 6.04 Å². The number of anilines is 2. The molecule has 1 aliphatic rings. The first-order valence-corrected chi connectivity index (χ1v) is 6.73. The summed E-state index contributed by atoms with van der Waals surface area (Å²) in [6.45, 7) is 7.01. The second-order valence-corrected chi connectivity index (χ2v) is 6.18. The van der Waals surface area contributed by atoms with Crippen molar-refractivity contribution in [1.29, 1.82) is 0 Å². The number of hydrogen-bond acceptors (Lipinski definition) is 3. The zero-order valence-electron chi connectivity index (χ0n) is 12.2. The standard InChI is InChI=1S/C15H23N3O/c1-15(2,3)10-5-6-12-11(9-10)17-14(19)13(7-8-16)18(12)4/h5-6,9,13H,7-8,16H2,1-4H3,(H,17,19). The van der Waals surface area contributed by atoms with Crippen molar-refractivity contribution < 1.29 is 4.79 Å². The van der Waals surface area contributed by atoms with Gasteiger partial charge in [-0.3, -0.25) is 4.79 Å². The van der Waals surface area contributed by atoms with E-state index in [-0.39, 0.29) is 17.4 Å². The van der Waals surface area contributed by atoms with Crippen LogP contribution in [0.25, 0.3) is 0 Å². The van der Waals surface area contributed by atoms with E-state index in [1.54, 1.807) is 0 Å². The number of carbonyl (C=O) groups excluding carboxylic acids is 1. The van der Waals surface area contributed by atoms with Gasteiger partial charge in [0.25, 0.3) is 0 Å². The molecule has 0 saturated heterocycles. The van der Waals surface area contributed by atoms with Crippen LogP contribution >= 0.6 is 0 Å². The van der Waals surface area contributed by atoms with E-state index in [0.717, 1.165) is 11.4 Å². The van der Waals surface area contributed by atoms with E-state index in [0.29, 0.717) is 13.0 Å². The Balaban J connectivity index is 2.39. The lowest BCUT2D eigenvalue weighted by Crippen LogP contribution is -2.47. The summed E-state index contributed by atoms with van der Waals surface area (Å²) in [4.78, 5) is 14.1. The van der Waals surface area contributed by atoms with Gasteiger partial charge < -0.3 is 16.0 Å². The molecule has 0 radical (unpaired) electrons. The van der Waals surface area contributed by atoms with Crippen LogP contribution in [0.15, 0.2) is 18.2 Å². The van der Waals surface area contributed by atoms with Crippen molar-refractivity contribution in [2.75, 3.05) is 23.8 Å². The molecule has 0 saturated carbocycles. The van der Waals surface area contributed by atoms with E-state index in [1.165, 1.54) is 5.56 Å². The van der Waals surface area contributed by atoms with Crippen molar-refractivity contribution in [1.82, 2.24) is 0 Å². The van der Waals surface area contributed by atoms with Crippen LogP contribution in [0, 0.1) is 0 Å². The summed E-state index contributed by atoms with van der Waals surface area (Å²) in [7, 11) is 1.95. The minimum Gasteiger partial charge on any atom is -0.361 e. The Kier molecular flexibility index (Phi) is 3.54. The Morgan fingerprint density at radius 1 is 1.37 bits per heavy atom. The van der Waals surface area contributed by atoms with Crippen LogP contribution in [0.5, 0.6) is 0 Å². The summed E-state index contributed by atoms with van der Waals surface area (Å²) in [6, 6.07) is 6.12. The van der Waals surface area contributed by atoms with E-state index in [4.69, 9.17) is 5.73 Å². The summed E-state index contributed by atoms with van der Waals surface area (Å²) in [5, 5.41) is 3.00. The highest BCUT2D eigenvalue weighted by atomic mass is 16.2. The fourth-order valence-electron chi connectivity index (χ4n) is 2.45. The Morgan fingerprint density at radius 2 is 2.05 bits per heavy atom. The zero-order chi connectivity index (χ0) is 14.2. The van der Waals surface area contributed by atoms with Crippen molar-refractivity contribution in [3.05, 3.63) is 23.8 Å². The predicted molar refractivity (Wildman–Crippen MR) is 79.6 cm³/mol. The summed E-state index contributed by atoms with van der Waals surface area (Å²) >= 11 is 0. The number of likely N-dealkylation sites (N-methyl/N-ethyl adjacent to an activating group) is 1. The largest absolute Gasteiger partial charge is 0.361 e. The Morgan fingerprint density at radius 3 is 2.63 bits per heavy atom. The zero-order valence-corrected chi connectivity index (χ0v) is 12.2. The number of nitrogens with two attached hydrogens (primary N) is 1. The lowest BCUT2D eigenvalue weighted by Gasteiger charge is -2.36. The molecule has 1 atom stereocenters. The monoisotopic (exact) mass is 261 g/mol. The second-order valence-electron chi connectivity index (χ2n) is 6.18. The van der Waals surface area contributed by atoms with Crippen molar-refractivity contribution in [3.8, 4) is 0 Å². The maximum Gasteiger partial charge on any atom is 0.247 e. The number of benzene rings is 1. The third-order valence-corrected chi connectivity index (χ3v) is 3.71. The van der Waals surface area contributed by atoms with Gasteiger partial charge in [-0.05, 0) is 36.1 Å². The second kappa shape index (κ2) is 4.85. The van der Waals surface area contributed by atoms with Gasteiger partial charge in [0.2, 0.25) is 5.91 Å². The van der Waals surface area contributed by atoms with Crippen LogP contribution in [0.2, 0.25) is 0 Å². The van der Waals surface area contributed by atoms with Crippen molar-refractivity contribution in [2.45, 2.75) is 38.6 Å². The minimum atomic E-state index is -0.169. The highest BCUT2D eigenvalue weighted by Crippen LogP contribution is 2.35. The molecule has 19 heavy (non-hydrogen) atoms. The molecular formula is C15H23N3O. The predicted octanol–water partition coefficient (Wildman–Crippen LogP) is 2.09. The van der Waals surface area contributed by atoms with Crippen LogP contribution in [0.4, 0.5) is 11.4 Å². The lowest BCUT2D eigenvalue weighted by atomic mass is 9.86. The van der Waals surface area contributed by atoms with E-state index in [2.05, 4.69) is 44.3 Å². The molecule has 4 nitrogen and oxygen atoms in total. The molecule has 1 aromatic carbocycles. The van der Waals surface area contributed by atoms with Gasteiger partial charge in [0, 0.05) is 7.05 Å².